The van der Waals surface area contributed by atoms with E-state index in [2.05, 4.69) is 39.2 Å². The Bertz CT molecular complexity index is 863. The zero-order valence-electron chi connectivity index (χ0n) is 16.1. The summed E-state index contributed by atoms with van der Waals surface area (Å²) in [5.41, 5.74) is 4.36. The molecule has 3 rings (SSSR count). The molecular formula is C22H27FN4O. The third-order valence-electron chi connectivity index (χ3n) is 4.80. The summed E-state index contributed by atoms with van der Waals surface area (Å²) in [6, 6.07) is 14.9. The van der Waals surface area contributed by atoms with E-state index in [4.69, 9.17) is 5.11 Å². The van der Waals surface area contributed by atoms with Gasteiger partial charge in [-0.3, -0.25) is 0 Å². The first-order chi connectivity index (χ1) is 13.7. The molecule has 28 heavy (non-hydrogen) atoms. The van der Waals surface area contributed by atoms with Crippen LogP contribution in [0.1, 0.15) is 24.2 Å². The predicted molar refractivity (Wildman–Crippen MR) is 110 cm³/mol. The third kappa shape index (κ3) is 5.04. The average Bonchev–Trinajstić information content (AvgIpc) is 3.19. The van der Waals surface area contributed by atoms with Gasteiger partial charge in [-0.25, -0.2) is 9.37 Å². The second-order valence-electron chi connectivity index (χ2n) is 6.71. The van der Waals surface area contributed by atoms with Crippen molar-refractivity contribution >= 4 is 0 Å². The number of imidazole rings is 1. The summed E-state index contributed by atoms with van der Waals surface area (Å²) in [6.07, 6.45) is 3.73. The smallest absolute Gasteiger partial charge is 0.123 e. The fourth-order valence-corrected chi connectivity index (χ4v) is 3.32. The van der Waals surface area contributed by atoms with Crippen LogP contribution in [-0.4, -0.2) is 40.9 Å². The first kappa shape index (κ1) is 20.2. The van der Waals surface area contributed by atoms with Crippen LogP contribution in [-0.2, 0) is 6.54 Å². The Balaban J connectivity index is 1.74. The van der Waals surface area contributed by atoms with Crippen LogP contribution >= 0.6 is 0 Å². The molecular weight excluding hydrogens is 355 g/mol. The first-order valence-electron chi connectivity index (χ1n) is 9.58. The van der Waals surface area contributed by atoms with Crippen LogP contribution in [0.3, 0.4) is 0 Å². The number of halogens is 1. The second kappa shape index (κ2) is 10.1. The third-order valence-corrected chi connectivity index (χ3v) is 4.80. The monoisotopic (exact) mass is 382 g/mol. The largest absolute Gasteiger partial charge is 0.395 e. The van der Waals surface area contributed by atoms with Crippen LogP contribution in [0.15, 0.2) is 61.1 Å². The molecule has 0 saturated carbocycles. The van der Waals surface area contributed by atoms with E-state index in [9.17, 15) is 4.39 Å². The maximum absolute atomic E-state index is 13.3. The zero-order chi connectivity index (χ0) is 19.8. The number of aliphatic hydroxyl groups is 1. The molecule has 0 radical (unpaired) electrons. The van der Waals surface area contributed by atoms with Crippen molar-refractivity contribution < 1.29 is 9.50 Å². The Morgan fingerprint density at radius 2 is 1.79 bits per heavy atom. The van der Waals surface area contributed by atoms with Gasteiger partial charge in [0.1, 0.15) is 5.82 Å². The minimum atomic E-state index is -0.231. The first-order valence-corrected chi connectivity index (χ1v) is 9.58. The number of hydrogen-bond acceptors (Lipinski definition) is 4. The summed E-state index contributed by atoms with van der Waals surface area (Å²) in [5, 5.41) is 15.3. The molecule has 148 valence electrons. The molecule has 3 aromatic rings. The minimum Gasteiger partial charge on any atom is -0.395 e. The van der Waals surface area contributed by atoms with Crippen LogP contribution in [0, 0.1) is 5.82 Å². The Morgan fingerprint density at radius 3 is 2.57 bits per heavy atom. The molecule has 0 aliphatic carbocycles. The summed E-state index contributed by atoms with van der Waals surface area (Å²) in [4.78, 5) is 4.34. The van der Waals surface area contributed by atoms with Crippen molar-refractivity contribution in [3.8, 4) is 11.1 Å². The maximum Gasteiger partial charge on any atom is 0.123 e. The molecule has 1 atom stereocenters. The Morgan fingerprint density at radius 1 is 1.04 bits per heavy atom. The standard InChI is InChI=1S/C22H27FN4O/c1-17(27-16-26-15-20(27)14-25-11-10-24-12-13-28)21-4-2-3-5-22(21)18-6-8-19(23)9-7-18/h2-9,15-17,24-25,28H,10-14H2,1H3. The average molecular weight is 382 g/mol. The highest BCUT2D eigenvalue weighted by atomic mass is 19.1. The molecule has 1 aromatic heterocycles. The van der Waals surface area contributed by atoms with Gasteiger partial charge in [-0.05, 0) is 35.7 Å². The molecule has 6 heteroatoms. The van der Waals surface area contributed by atoms with Crippen LogP contribution in [0.2, 0.25) is 0 Å². The van der Waals surface area contributed by atoms with Gasteiger partial charge in [0.25, 0.3) is 0 Å². The van der Waals surface area contributed by atoms with Crippen molar-refractivity contribution in [2.24, 2.45) is 0 Å². The van der Waals surface area contributed by atoms with Gasteiger partial charge >= 0.3 is 0 Å². The van der Waals surface area contributed by atoms with Crippen LogP contribution in [0.5, 0.6) is 0 Å². The van der Waals surface area contributed by atoms with E-state index in [0.29, 0.717) is 13.1 Å². The Labute approximate surface area is 165 Å². The van der Waals surface area contributed by atoms with Crippen molar-refractivity contribution in [2.75, 3.05) is 26.2 Å². The molecule has 5 nitrogen and oxygen atoms in total. The van der Waals surface area contributed by atoms with Gasteiger partial charge < -0.3 is 20.3 Å². The van der Waals surface area contributed by atoms with Gasteiger partial charge in [0.15, 0.2) is 0 Å². The van der Waals surface area contributed by atoms with E-state index in [0.717, 1.165) is 35.5 Å². The van der Waals surface area contributed by atoms with Crippen molar-refractivity contribution in [1.82, 2.24) is 20.2 Å². The van der Waals surface area contributed by atoms with Crippen LogP contribution in [0.4, 0.5) is 4.39 Å². The van der Waals surface area contributed by atoms with Crippen molar-refractivity contribution in [1.29, 1.82) is 0 Å². The summed E-state index contributed by atoms with van der Waals surface area (Å²) in [5.74, 6) is -0.231. The number of nitrogens with zero attached hydrogens (tertiary/aromatic N) is 2. The lowest BCUT2D eigenvalue weighted by atomic mass is 9.95. The van der Waals surface area contributed by atoms with Gasteiger partial charge in [-0.15, -0.1) is 0 Å². The number of benzene rings is 2. The maximum atomic E-state index is 13.3. The van der Waals surface area contributed by atoms with E-state index >= 15 is 0 Å². The summed E-state index contributed by atoms with van der Waals surface area (Å²) in [7, 11) is 0. The number of aliphatic hydroxyl groups excluding tert-OH is 1. The number of rotatable bonds is 10. The quantitative estimate of drug-likeness (QED) is 0.472. The van der Waals surface area contributed by atoms with E-state index in [-0.39, 0.29) is 18.5 Å². The lowest BCUT2D eigenvalue weighted by Crippen LogP contribution is -2.29. The summed E-state index contributed by atoms with van der Waals surface area (Å²) >= 11 is 0. The Hall–Kier alpha value is -2.54. The molecule has 1 unspecified atom stereocenters. The highest BCUT2D eigenvalue weighted by molar-refractivity contribution is 5.68. The van der Waals surface area contributed by atoms with E-state index in [1.165, 1.54) is 12.1 Å². The van der Waals surface area contributed by atoms with Gasteiger partial charge in [-0.1, -0.05) is 36.4 Å². The fourth-order valence-electron chi connectivity index (χ4n) is 3.32. The molecule has 0 saturated heterocycles. The molecule has 3 N–H and O–H groups in total. The van der Waals surface area contributed by atoms with Crippen molar-refractivity contribution in [2.45, 2.75) is 19.5 Å². The molecule has 0 bridgehead atoms. The number of hydrogen-bond donors (Lipinski definition) is 3. The minimum absolute atomic E-state index is 0.0908. The SMILES string of the molecule is CC(c1ccccc1-c1ccc(F)cc1)n1cncc1CNCCNCCO. The Kier molecular flexibility index (Phi) is 7.31. The molecule has 0 aliphatic heterocycles. The lowest BCUT2D eigenvalue weighted by molar-refractivity contribution is 0.292. The van der Waals surface area contributed by atoms with Gasteiger partial charge in [0.2, 0.25) is 0 Å². The molecule has 0 spiro atoms. The lowest BCUT2D eigenvalue weighted by Gasteiger charge is -2.21. The molecule has 2 aromatic carbocycles. The van der Waals surface area contributed by atoms with E-state index < -0.39 is 0 Å². The fraction of sp³-hybridized carbons (Fsp3) is 0.318. The van der Waals surface area contributed by atoms with Crippen LogP contribution < -0.4 is 10.6 Å². The van der Waals surface area contributed by atoms with Gasteiger partial charge in [0.05, 0.1) is 24.7 Å². The molecule has 1 heterocycles. The van der Waals surface area contributed by atoms with Crippen molar-refractivity contribution in [3.05, 3.63) is 78.1 Å². The van der Waals surface area contributed by atoms with Gasteiger partial charge in [0, 0.05) is 32.4 Å². The van der Waals surface area contributed by atoms with E-state index in [1.807, 2.05) is 36.8 Å². The normalized spacial score (nSPS) is 12.2. The molecule has 0 aliphatic rings. The summed E-state index contributed by atoms with van der Waals surface area (Å²) in [6.45, 7) is 5.23. The number of aromatic nitrogens is 2. The predicted octanol–water partition coefficient (Wildman–Crippen LogP) is 2.97. The number of nitrogens with one attached hydrogen (secondary N) is 2. The molecule has 0 fully saturated rings. The van der Waals surface area contributed by atoms with Gasteiger partial charge in [-0.2, -0.15) is 0 Å². The molecule has 0 amide bonds. The van der Waals surface area contributed by atoms with Crippen LogP contribution in [0.25, 0.3) is 11.1 Å². The topological polar surface area (TPSA) is 62.1 Å². The second-order valence-corrected chi connectivity index (χ2v) is 6.71. The zero-order valence-corrected chi connectivity index (χ0v) is 16.1. The highest BCUT2D eigenvalue weighted by Crippen LogP contribution is 2.31. The summed E-state index contributed by atoms with van der Waals surface area (Å²) < 4.78 is 15.5. The highest BCUT2D eigenvalue weighted by Gasteiger charge is 2.15. The van der Waals surface area contributed by atoms with Crippen molar-refractivity contribution in [3.63, 3.8) is 0 Å². The van der Waals surface area contributed by atoms with E-state index in [1.54, 1.807) is 0 Å².